The van der Waals surface area contributed by atoms with Crippen LogP contribution in [0, 0.1) is 0 Å². The molecule has 2 aromatic heterocycles. The van der Waals surface area contributed by atoms with Crippen LogP contribution >= 0.6 is 23.2 Å². The van der Waals surface area contributed by atoms with Crippen molar-refractivity contribution < 1.29 is 0 Å². The number of hydrogen-bond donors (Lipinski definition) is 0. The lowest BCUT2D eigenvalue weighted by molar-refractivity contribution is 0.748. The van der Waals surface area contributed by atoms with Crippen LogP contribution in [-0.2, 0) is 0 Å². The van der Waals surface area contributed by atoms with Gasteiger partial charge in [0.1, 0.15) is 0 Å². The summed E-state index contributed by atoms with van der Waals surface area (Å²) < 4.78 is 1.54. The standard InChI is InChI=1S/C9H9Cl2N5/c1-5(2)6-3-4-16(15-6)8-7(10)13-14-9(11)12-8/h3-5H,1-2H3. The van der Waals surface area contributed by atoms with E-state index in [0.29, 0.717) is 11.7 Å². The van der Waals surface area contributed by atoms with Gasteiger partial charge in [-0.05, 0) is 23.6 Å². The fourth-order valence-corrected chi connectivity index (χ4v) is 1.48. The molecule has 0 amide bonds. The molecule has 2 rings (SSSR count). The van der Waals surface area contributed by atoms with Gasteiger partial charge in [-0.25, -0.2) is 4.68 Å². The van der Waals surface area contributed by atoms with Crippen LogP contribution in [0.4, 0.5) is 0 Å². The van der Waals surface area contributed by atoms with E-state index >= 15 is 0 Å². The molecule has 0 saturated carbocycles. The number of halogens is 2. The van der Waals surface area contributed by atoms with Crippen LogP contribution in [0.5, 0.6) is 0 Å². The van der Waals surface area contributed by atoms with Crippen LogP contribution in [0.3, 0.4) is 0 Å². The molecule has 2 aromatic rings. The number of nitrogens with zero attached hydrogens (tertiary/aromatic N) is 5. The van der Waals surface area contributed by atoms with Gasteiger partial charge >= 0.3 is 0 Å². The van der Waals surface area contributed by atoms with E-state index in [4.69, 9.17) is 23.2 Å². The Labute approximate surface area is 102 Å². The molecule has 0 bridgehead atoms. The highest BCUT2D eigenvalue weighted by Crippen LogP contribution is 2.18. The van der Waals surface area contributed by atoms with E-state index in [1.54, 1.807) is 6.20 Å². The second-order valence-electron chi connectivity index (χ2n) is 3.54. The molecule has 0 aliphatic carbocycles. The van der Waals surface area contributed by atoms with Crippen molar-refractivity contribution in [2.75, 3.05) is 0 Å². The summed E-state index contributed by atoms with van der Waals surface area (Å²) >= 11 is 11.5. The highest BCUT2D eigenvalue weighted by molar-refractivity contribution is 6.31. The smallest absolute Gasteiger partial charge is 0.219 e. The van der Waals surface area contributed by atoms with Crippen molar-refractivity contribution >= 4 is 23.2 Å². The summed E-state index contributed by atoms with van der Waals surface area (Å²) in [6, 6.07) is 1.90. The van der Waals surface area contributed by atoms with Gasteiger partial charge in [-0.2, -0.15) is 10.1 Å². The molecule has 16 heavy (non-hydrogen) atoms. The van der Waals surface area contributed by atoms with Crippen molar-refractivity contribution in [3.8, 4) is 5.82 Å². The third-order valence-corrected chi connectivity index (χ3v) is 2.43. The Balaban J connectivity index is 2.46. The van der Waals surface area contributed by atoms with Crippen molar-refractivity contribution in [1.29, 1.82) is 0 Å². The van der Waals surface area contributed by atoms with Crippen LogP contribution < -0.4 is 0 Å². The van der Waals surface area contributed by atoms with E-state index < -0.39 is 0 Å². The molecule has 0 aromatic carbocycles. The maximum absolute atomic E-state index is 5.86. The zero-order chi connectivity index (χ0) is 11.7. The number of rotatable bonds is 2. The summed E-state index contributed by atoms with van der Waals surface area (Å²) in [7, 11) is 0. The Kier molecular flexibility index (Phi) is 3.07. The SMILES string of the molecule is CC(C)c1ccn(-c2nc(Cl)nnc2Cl)n1. The molecule has 0 N–H and O–H groups in total. The Morgan fingerprint density at radius 1 is 1.25 bits per heavy atom. The lowest BCUT2D eigenvalue weighted by Crippen LogP contribution is -2.03. The van der Waals surface area contributed by atoms with Gasteiger partial charge in [0, 0.05) is 6.20 Å². The molecule has 0 atom stereocenters. The highest BCUT2D eigenvalue weighted by Gasteiger charge is 2.11. The van der Waals surface area contributed by atoms with Crippen LogP contribution in [0.15, 0.2) is 12.3 Å². The third-order valence-electron chi connectivity index (χ3n) is 2.02. The van der Waals surface area contributed by atoms with Gasteiger partial charge in [0.05, 0.1) is 5.69 Å². The predicted molar refractivity (Wildman–Crippen MR) is 61.1 cm³/mol. The highest BCUT2D eigenvalue weighted by atomic mass is 35.5. The zero-order valence-electron chi connectivity index (χ0n) is 8.72. The molecule has 0 fully saturated rings. The lowest BCUT2D eigenvalue weighted by atomic mass is 10.1. The lowest BCUT2D eigenvalue weighted by Gasteiger charge is -2.02. The maximum atomic E-state index is 5.86. The average Bonchev–Trinajstić information content (AvgIpc) is 2.70. The minimum Gasteiger partial charge on any atom is -0.219 e. The van der Waals surface area contributed by atoms with Gasteiger partial charge in [0.15, 0.2) is 11.0 Å². The van der Waals surface area contributed by atoms with Crippen molar-refractivity contribution in [2.24, 2.45) is 0 Å². The molecule has 2 heterocycles. The summed E-state index contributed by atoms with van der Waals surface area (Å²) in [6.07, 6.45) is 1.77. The van der Waals surface area contributed by atoms with Gasteiger partial charge in [-0.3, -0.25) is 0 Å². The molecule has 0 spiro atoms. The minimum atomic E-state index is 0.0426. The second kappa shape index (κ2) is 4.35. The van der Waals surface area contributed by atoms with Crippen molar-refractivity contribution in [1.82, 2.24) is 25.0 Å². The first-order chi connectivity index (χ1) is 7.58. The molecule has 0 unspecified atom stereocenters. The summed E-state index contributed by atoms with van der Waals surface area (Å²) in [6.45, 7) is 4.11. The quantitative estimate of drug-likeness (QED) is 0.830. The first kappa shape index (κ1) is 11.3. The number of aromatic nitrogens is 5. The Bertz CT molecular complexity index is 508. The Morgan fingerprint density at radius 3 is 2.62 bits per heavy atom. The predicted octanol–water partition coefficient (Wildman–Crippen LogP) is 2.49. The van der Waals surface area contributed by atoms with E-state index in [1.165, 1.54) is 4.68 Å². The fraction of sp³-hybridized carbons (Fsp3) is 0.333. The summed E-state index contributed by atoms with van der Waals surface area (Å²) in [5.74, 6) is 0.721. The van der Waals surface area contributed by atoms with Crippen molar-refractivity contribution in [2.45, 2.75) is 19.8 Å². The van der Waals surface area contributed by atoms with E-state index in [0.717, 1.165) is 5.69 Å². The fourth-order valence-electron chi connectivity index (χ4n) is 1.20. The van der Waals surface area contributed by atoms with E-state index in [-0.39, 0.29) is 10.4 Å². The Morgan fingerprint density at radius 2 is 2.00 bits per heavy atom. The monoisotopic (exact) mass is 257 g/mol. The first-order valence-corrected chi connectivity index (χ1v) is 5.45. The van der Waals surface area contributed by atoms with Gasteiger partial charge in [0.25, 0.3) is 0 Å². The second-order valence-corrected chi connectivity index (χ2v) is 4.23. The van der Waals surface area contributed by atoms with Crippen LogP contribution in [0.25, 0.3) is 5.82 Å². The molecular formula is C9H9Cl2N5. The molecule has 5 nitrogen and oxygen atoms in total. The Hall–Kier alpha value is -1.20. The summed E-state index contributed by atoms with van der Waals surface area (Å²) in [4.78, 5) is 3.98. The van der Waals surface area contributed by atoms with Crippen LogP contribution in [0.2, 0.25) is 10.4 Å². The van der Waals surface area contributed by atoms with Crippen LogP contribution in [0.1, 0.15) is 25.5 Å². The van der Waals surface area contributed by atoms with Gasteiger partial charge < -0.3 is 0 Å². The van der Waals surface area contributed by atoms with Gasteiger partial charge in [-0.15, -0.1) is 10.2 Å². The molecule has 0 saturated heterocycles. The summed E-state index contributed by atoms with van der Waals surface area (Å²) in [5, 5.41) is 11.7. The van der Waals surface area contributed by atoms with E-state index in [9.17, 15) is 0 Å². The topological polar surface area (TPSA) is 56.5 Å². The third kappa shape index (κ3) is 2.15. The van der Waals surface area contributed by atoms with Crippen molar-refractivity contribution in [3.63, 3.8) is 0 Å². The molecular weight excluding hydrogens is 249 g/mol. The zero-order valence-corrected chi connectivity index (χ0v) is 10.2. The van der Waals surface area contributed by atoms with Gasteiger partial charge in [-0.1, -0.05) is 25.4 Å². The van der Waals surface area contributed by atoms with E-state index in [1.807, 2.05) is 6.07 Å². The summed E-state index contributed by atoms with van der Waals surface area (Å²) in [5.41, 5.74) is 0.950. The molecule has 7 heteroatoms. The van der Waals surface area contributed by atoms with Crippen molar-refractivity contribution in [3.05, 3.63) is 28.4 Å². The average molecular weight is 258 g/mol. The largest absolute Gasteiger partial charge is 0.245 e. The maximum Gasteiger partial charge on any atom is 0.245 e. The van der Waals surface area contributed by atoms with Crippen LogP contribution in [-0.4, -0.2) is 25.0 Å². The minimum absolute atomic E-state index is 0.0426. The molecule has 0 aliphatic heterocycles. The number of hydrogen-bond acceptors (Lipinski definition) is 4. The normalized spacial score (nSPS) is 11.1. The van der Waals surface area contributed by atoms with Gasteiger partial charge in [0.2, 0.25) is 5.28 Å². The van der Waals surface area contributed by atoms with E-state index in [2.05, 4.69) is 34.1 Å². The first-order valence-electron chi connectivity index (χ1n) is 4.69. The molecule has 84 valence electrons. The molecule has 0 radical (unpaired) electrons. The molecule has 0 aliphatic rings.